The predicted molar refractivity (Wildman–Crippen MR) is 85.3 cm³/mol. The SMILES string of the molecule is C#CCCCCCCC#CC#CCCCC=CC=C. The van der Waals surface area contributed by atoms with Gasteiger partial charge in [-0.3, -0.25) is 0 Å². The van der Waals surface area contributed by atoms with Crippen molar-refractivity contribution in [3.05, 3.63) is 24.8 Å². The highest BCUT2D eigenvalue weighted by molar-refractivity contribution is 5.25. The lowest BCUT2D eigenvalue weighted by molar-refractivity contribution is 0.661. The minimum atomic E-state index is 0.902. The Balaban J connectivity index is 3.37. The smallest absolute Gasteiger partial charge is 0.0102 e. The standard InChI is InChI=1S/C19H24/c1-3-5-7-9-11-13-15-17-19-18-16-14-12-10-8-6-4-2/h1,4,6,8H,2,5,7,9-15H2. The number of unbranched alkanes of at least 4 members (excludes halogenated alkanes) is 7. The van der Waals surface area contributed by atoms with Crippen molar-refractivity contribution in [1.29, 1.82) is 0 Å². The van der Waals surface area contributed by atoms with Gasteiger partial charge in [-0.1, -0.05) is 49.5 Å². The maximum atomic E-state index is 5.19. The highest BCUT2D eigenvalue weighted by Gasteiger charge is 1.86. The van der Waals surface area contributed by atoms with Crippen molar-refractivity contribution in [2.75, 3.05) is 0 Å². The van der Waals surface area contributed by atoms with E-state index in [1.54, 1.807) is 6.08 Å². The molecule has 0 amide bonds. The van der Waals surface area contributed by atoms with Crippen LogP contribution in [0.1, 0.15) is 57.8 Å². The average molecular weight is 252 g/mol. The molecule has 0 aromatic rings. The van der Waals surface area contributed by atoms with E-state index in [9.17, 15) is 0 Å². The van der Waals surface area contributed by atoms with E-state index in [0.717, 1.165) is 44.9 Å². The lowest BCUT2D eigenvalue weighted by Gasteiger charge is -1.93. The third-order valence-electron chi connectivity index (χ3n) is 2.56. The second-order valence-electron chi connectivity index (χ2n) is 4.28. The molecule has 0 aromatic carbocycles. The highest BCUT2D eigenvalue weighted by atomic mass is 13.9. The summed E-state index contributed by atoms with van der Waals surface area (Å²) in [7, 11) is 0. The van der Waals surface area contributed by atoms with Crippen LogP contribution in [0.4, 0.5) is 0 Å². The molecule has 0 heteroatoms. The fourth-order valence-electron chi connectivity index (χ4n) is 1.51. The van der Waals surface area contributed by atoms with Crippen LogP contribution in [-0.2, 0) is 0 Å². The molecule has 0 rings (SSSR count). The minimum Gasteiger partial charge on any atom is -0.120 e. The van der Waals surface area contributed by atoms with Gasteiger partial charge in [-0.25, -0.2) is 0 Å². The normalized spacial score (nSPS) is 9.00. The van der Waals surface area contributed by atoms with Crippen LogP contribution in [0.3, 0.4) is 0 Å². The molecular formula is C19H24. The number of hydrogen-bond acceptors (Lipinski definition) is 0. The first-order valence-corrected chi connectivity index (χ1v) is 7.08. The van der Waals surface area contributed by atoms with Crippen LogP contribution >= 0.6 is 0 Å². The van der Waals surface area contributed by atoms with Gasteiger partial charge in [0.05, 0.1) is 0 Å². The van der Waals surface area contributed by atoms with Crippen molar-refractivity contribution >= 4 is 0 Å². The van der Waals surface area contributed by atoms with Crippen molar-refractivity contribution < 1.29 is 0 Å². The molecule has 19 heavy (non-hydrogen) atoms. The molecule has 0 spiro atoms. The number of hydrogen-bond donors (Lipinski definition) is 0. The third-order valence-corrected chi connectivity index (χ3v) is 2.56. The first kappa shape index (κ1) is 17.2. The molecule has 0 N–H and O–H groups in total. The number of rotatable bonds is 9. The van der Waals surface area contributed by atoms with Crippen molar-refractivity contribution in [1.82, 2.24) is 0 Å². The molecule has 0 aliphatic carbocycles. The lowest BCUT2D eigenvalue weighted by atomic mass is 10.1. The van der Waals surface area contributed by atoms with Crippen molar-refractivity contribution in [3.8, 4) is 36.0 Å². The molecule has 0 nitrogen and oxygen atoms in total. The summed E-state index contributed by atoms with van der Waals surface area (Å²) in [5.41, 5.74) is 0. The van der Waals surface area contributed by atoms with E-state index in [0.29, 0.717) is 0 Å². The molecule has 0 unspecified atom stereocenters. The van der Waals surface area contributed by atoms with Gasteiger partial charge in [-0.15, -0.1) is 12.3 Å². The van der Waals surface area contributed by atoms with Gasteiger partial charge in [0.15, 0.2) is 0 Å². The third kappa shape index (κ3) is 16.2. The van der Waals surface area contributed by atoms with Gasteiger partial charge in [-0.2, -0.15) is 0 Å². The predicted octanol–water partition coefficient (Wildman–Crippen LogP) is 4.88. The van der Waals surface area contributed by atoms with Gasteiger partial charge in [0, 0.05) is 19.3 Å². The van der Waals surface area contributed by atoms with Gasteiger partial charge in [-0.05, 0) is 37.5 Å². The Labute approximate surface area is 119 Å². The van der Waals surface area contributed by atoms with Gasteiger partial charge in [0.2, 0.25) is 0 Å². The number of terminal acetylenes is 1. The molecule has 0 saturated heterocycles. The Morgan fingerprint density at radius 3 is 2.11 bits per heavy atom. The molecule has 0 radical (unpaired) electrons. The van der Waals surface area contributed by atoms with Gasteiger partial charge in [0.1, 0.15) is 0 Å². The quantitative estimate of drug-likeness (QED) is 0.312. The first-order valence-electron chi connectivity index (χ1n) is 7.08. The van der Waals surface area contributed by atoms with E-state index in [2.05, 4.69) is 42.3 Å². The zero-order valence-electron chi connectivity index (χ0n) is 11.9. The second-order valence-corrected chi connectivity index (χ2v) is 4.28. The Morgan fingerprint density at radius 2 is 1.47 bits per heavy atom. The maximum absolute atomic E-state index is 5.19. The van der Waals surface area contributed by atoms with Crippen LogP contribution < -0.4 is 0 Å². The topological polar surface area (TPSA) is 0 Å². The molecule has 0 fully saturated rings. The zero-order valence-corrected chi connectivity index (χ0v) is 11.9. The molecule has 0 aromatic heterocycles. The van der Waals surface area contributed by atoms with Crippen LogP contribution in [-0.4, -0.2) is 0 Å². The van der Waals surface area contributed by atoms with E-state index >= 15 is 0 Å². The van der Waals surface area contributed by atoms with Crippen molar-refractivity contribution in [2.45, 2.75) is 57.8 Å². The summed E-state index contributed by atoms with van der Waals surface area (Å²) in [6.45, 7) is 3.62. The summed E-state index contributed by atoms with van der Waals surface area (Å²) in [4.78, 5) is 0. The molecule has 0 saturated carbocycles. The molecule has 0 atom stereocenters. The monoisotopic (exact) mass is 252 g/mol. The fourth-order valence-corrected chi connectivity index (χ4v) is 1.51. The van der Waals surface area contributed by atoms with Gasteiger partial charge in [0.25, 0.3) is 0 Å². The maximum Gasteiger partial charge on any atom is 0.0102 e. The summed E-state index contributed by atoms with van der Waals surface area (Å²) >= 11 is 0. The summed E-state index contributed by atoms with van der Waals surface area (Å²) in [6.07, 6.45) is 20.7. The molecular weight excluding hydrogens is 228 g/mol. The summed E-state index contributed by atoms with van der Waals surface area (Å²) < 4.78 is 0. The van der Waals surface area contributed by atoms with Crippen molar-refractivity contribution in [3.63, 3.8) is 0 Å². The van der Waals surface area contributed by atoms with Crippen LogP contribution in [0.15, 0.2) is 24.8 Å². The largest absolute Gasteiger partial charge is 0.120 e. The van der Waals surface area contributed by atoms with Gasteiger partial charge >= 0.3 is 0 Å². The van der Waals surface area contributed by atoms with Gasteiger partial charge < -0.3 is 0 Å². The lowest BCUT2D eigenvalue weighted by Crippen LogP contribution is -1.76. The van der Waals surface area contributed by atoms with E-state index < -0.39 is 0 Å². The first-order chi connectivity index (χ1) is 9.41. The van der Waals surface area contributed by atoms with Crippen molar-refractivity contribution in [2.24, 2.45) is 0 Å². The minimum absolute atomic E-state index is 0.902. The van der Waals surface area contributed by atoms with Crippen LogP contribution in [0, 0.1) is 36.0 Å². The fraction of sp³-hybridized carbons (Fsp3) is 0.474. The highest BCUT2D eigenvalue weighted by Crippen LogP contribution is 2.03. The molecule has 0 bridgehead atoms. The van der Waals surface area contributed by atoms with E-state index in [1.807, 2.05) is 6.08 Å². The Hall–Kier alpha value is -1.84. The second kappa shape index (κ2) is 16.2. The van der Waals surface area contributed by atoms with E-state index in [-0.39, 0.29) is 0 Å². The zero-order chi connectivity index (χ0) is 14.0. The molecule has 0 aliphatic heterocycles. The van der Waals surface area contributed by atoms with Crippen LogP contribution in [0.5, 0.6) is 0 Å². The molecule has 100 valence electrons. The molecule has 0 aliphatic rings. The Morgan fingerprint density at radius 1 is 0.842 bits per heavy atom. The summed E-state index contributed by atoms with van der Waals surface area (Å²) in [6, 6.07) is 0. The van der Waals surface area contributed by atoms with E-state index in [4.69, 9.17) is 6.42 Å². The Bertz CT molecular complexity index is 395. The Kier molecular flexibility index (Phi) is 14.6. The summed E-state index contributed by atoms with van der Waals surface area (Å²) in [5, 5.41) is 0. The van der Waals surface area contributed by atoms with E-state index in [1.165, 1.54) is 12.8 Å². The molecule has 0 heterocycles. The van der Waals surface area contributed by atoms with Crippen LogP contribution in [0.2, 0.25) is 0 Å². The van der Waals surface area contributed by atoms with Crippen LogP contribution in [0.25, 0.3) is 0 Å². The number of allylic oxidation sites excluding steroid dienone is 3. The summed E-state index contributed by atoms with van der Waals surface area (Å²) in [5.74, 6) is 14.6. The average Bonchev–Trinajstić information content (AvgIpc) is 2.43.